The molecule has 0 rings (SSSR count). The van der Waals surface area contributed by atoms with Crippen molar-refractivity contribution in [3.05, 3.63) is 37.7 Å². The first kappa shape index (κ1) is 9.78. The van der Waals surface area contributed by atoms with Gasteiger partial charge >= 0.3 is 0 Å². The van der Waals surface area contributed by atoms with Gasteiger partial charge in [-0.15, -0.1) is 0 Å². The van der Waals surface area contributed by atoms with Gasteiger partial charge in [-0.3, -0.25) is 0 Å². The van der Waals surface area contributed by atoms with Crippen LogP contribution in [0.5, 0.6) is 0 Å². The van der Waals surface area contributed by atoms with Crippen molar-refractivity contribution in [3.8, 4) is 0 Å². The Hall–Kier alpha value is -1.22. The van der Waals surface area contributed by atoms with Gasteiger partial charge in [0.15, 0.2) is 0 Å². The lowest BCUT2D eigenvalue weighted by molar-refractivity contribution is 0.509. The Bertz CT molecular complexity index is 140. The van der Waals surface area contributed by atoms with E-state index in [9.17, 15) is 0 Å². The fraction of sp³-hybridized carbons (Fsp3) is 0.250. The average Bonchev–Trinajstić information content (AvgIpc) is 2.05. The van der Waals surface area contributed by atoms with Crippen LogP contribution in [0.2, 0.25) is 0 Å². The standard InChI is InChI=1S/C8H15N3/c1-4-7-9-8(5-2)11-10-6-3/h4-11H,2-3H2,1H3. The molecule has 0 saturated carbocycles. The molecule has 3 N–H and O–H groups in total. The van der Waals surface area contributed by atoms with Gasteiger partial charge in [0.25, 0.3) is 0 Å². The third kappa shape index (κ3) is 5.24. The highest BCUT2D eigenvalue weighted by Gasteiger charge is 1.94. The van der Waals surface area contributed by atoms with E-state index in [1.54, 1.807) is 12.3 Å². The van der Waals surface area contributed by atoms with Crippen LogP contribution in [-0.2, 0) is 0 Å². The van der Waals surface area contributed by atoms with Crippen molar-refractivity contribution in [2.24, 2.45) is 0 Å². The van der Waals surface area contributed by atoms with Crippen molar-refractivity contribution < 1.29 is 0 Å². The molecule has 0 aromatic heterocycles. The molecule has 0 radical (unpaired) electrons. The van der Waals surface area contributed by atoms with Crippen molar-refractivity contribution >= 4 is 0 Å². The minimum Gasteiger partial charge on any atom is -0.372 e. The zero-order valence-corrected chi connectivity index (χ0v) is 6.80. The minimum atomic E-state index is 0.0178. The van der Waals surface area contributed by atoms with Crippen LogP contribution in [0.15, 0.2) is 37.7 Å². The third-order valence-electron chi connectivity index (χ3n) is 1.02. The first-order valence-corrected chi connectivity index (χ1v) is 3.47. The third-order valence-corrected chi connectivity index (χ3v) is 1.02. The van der Waals surface area contributed by atoms with Crippen LogP contribution in [0.3, 0.4) is 0 Å². The van der Waals surface area contributed by atoms with E-state index < -0.39 is 0 Å². The normalized spacial score (nSPS) is 12.5. The highest BCUT2D eigenvalue weighted by molar-refractivity contribution is 4.88. The van der Waals surface area contributed by atoms with E-state index in [4.69, 9.17) is 0 Å². The predicted molar refractivity (Wildman–Crippen MR) is 48.4 cm³/mol. The van der Waals surface area contributed by atoms with Crippen LogP contribution >= 0.6 is 0 Å². The number of allylic oxidation sites excluding steroid dienone is 1. The smallest absolute Gasteiger partial charge is 0.112 e. The maximum Gasteiger partial charge on any atom is 0.112 e. The lowest BCUT2D eigenvalue weighted by Crippen LogP contribution is -2.43. The Kier molecular flexibility index (Phi) is 6.13. The van der Waals surface area contributed by atoms with Gasteiger partial charge in [-0.1, -0.05) is 25.3 Å². The molecule has 0 aliphatic rings. The minimum absolute atomic E-state index is 0.0178. The Morgan fingerprint density at radius 2 is 2.09 bits per heavy atom. The molecule has 0 aliphatic carbocycles. The summed E-state index contributed by atoms with van der Waals surface area (Å²) in [7, 11) is 0. The summed E-state index contributed by atoms with van der Waals surface area (Å²) in [4.78, 5) is 0. The van der Waals surface area contributed by atoms with Gasteiger partial charge in [-0.25, -0.2) is 5.43 Å². The second kappa shape index (κ2) is 6.89. The fourth-order valence-electron chi connectivity index (χ4n) is 0.517. The first-order valence-electron chi connectivity index (χ1n) is 3.47. The monoisotopic (exact) mass is 153 g/mol. The van der Waals surface area contributed by atoms with E-state index >= 15 is 0 Å². The molecule has 0 aromatic carbocycles. The summed E-state index contributed by atoms with van der Waals surface area (Å²) in [6.07, 6.45) is 7.07. The van der Waals surface area contributed by atoms with Gasteiger partial charge in [0.2, 0.25) is 0 Å². The maximum atomic E-state index is 3.63. The van der Waals surface area contributed by atoms with Crippen molar-refractivity contribution in [3.63, 3.8) is 0 Å². The molecule has 1 unspecified atom stereocenters. The molecular formula is C8H15N3. The van der Waals surface area contributed by atoms with Crippen molar-refractivity contribution in [2.45, 2.75) is 13.1 Å². The summed E-state index contributed by atoms with van der Waals surface area (Å²) in [6.45, 7) is 9.07. The Balaban J connectivity index is 3.56. The summed E-state index contributed by atoms with van der Waals surface area (Å²) in [6, 6.07) is 0. The highest BCUT2D eigenvalue weighted by atomic mass is 15.4. The van der Waals surface area contributed by atoms with Crippen LogP contribution in [0.25, 0.3) is 0 Å². The van der Waals surface area contributed by atoms with Gasteiger partial charge in [0.05, 0.1) is 0 Å². The predicted octanol–water partition coefficient (Wildman–Crippen LogP) is 0.859. The fourth-order valence-corrected chi connectivity index (χ4v) is 0.517. The molecule has 3 heteroatoms. The second-order valence-electron chi connectivity index (χ2n) is 1.87. The van der Waals surface area contributed by atoms with E-state index in [0.29, 0.717) is 0 Å². The van der Waals surface area contributed by atoms with Gasteiger partial charge < -0.3 is 10.7 Å². The van der Waals surface area contributed by atoms with Gasteiger partial charge in [0.1, 0.15) is 6.17 Å². The number of hydrogen-bond donors (Lipinski definition) is 3. The number of hydrogen-bond acceptors (Lipinski definition) is 3. The molecule has 0 heterocycles. The first-order chi connectivity index (χ1) is 5.35. The molecule has 0 amide bonds. The van der Waals surface area contributed by atoms with Crippen LogP contribution in [0, 0.1) is 0 Å². The molecule has 3 nitrogen and oxygen atoms in total. The van der Waals surface area contributed by atoms with Crippen molar-refractivity contribution in [2.75, 3.05) is 0 Å². The Morgan fingerprint density at radius 1 is 1.36 bits per heavy atom. The van der Waals surface area contributed by atoms with E-state index in [2.05, 4.69) is 29.3 Å². The summed E-state index contributed by atoms with van der Waals surface area (Å²) in [5.41, 5.74) is 5.66. The Labute approximate surface area is 67.8 Å². The number of hydrazine groups is 1. The molecule has 0 spiro atoms. The van der Waals surface area contributed by atoms with Crippen LogP contribution in [0.1, 0.15) is 6.92 Å². The quantitative estimate of drug-likeness (QED) is 0.301. The van der Waals surface area contributed by atoms with E-state index in [-0.39, 0.29) is 6.17 Å². The molecule has 62 valence electrons. The SMILES string of the molecule is C=CNNC(C=C)NC=CC. The molecule has 0 bridgehead atoms. The topological polar surface area (TPSA) is 36.1 Å². The highest BCUT2D eigenvalue weighted by Crippen LogP contribution is 1.76. The van der Waals surface area contributed by atoms with E-state index in [0.717, 1.165) is 0 Å². The molecule has 0 saturated heterocycles. The Morgan fingerprint density at radius 3 is 2.55 bits per heavy atom. The maximum absolute atomic E-state index is 3.63. The van der Waals surface area contributed by atoms with Gasteiger partial charge in [-0.05, 0) is 13.1 Å². The van der Waals surface area contributed by atoms with Crippen LogP contribution < -0.4 is 16.2 Å². The summed E-state index contributed by atoms with van der Waals surface area (Å²) in [5.74, 6) is 0. The summed E-state index contributed by atoms with van der Waals surface area (Å²) < 4.78 is 0. The lowest BCUT2D eigenvalue weighted by Gasteiger charge is -2.13. The number of nitrogens with one attached hydrogen (secondary N) is 3. The largest absolute Gasteiger partial charge is 0.372 e. The molecule has 0 fully saturated rings. The zero-order valence-electron chi connectivity index (χ0n) is 6.80. The molecule has 1 atom stereocenters. The second-order valence-corrected chi connectivity index (χ2v) is 1.87. The van der Waals surface area contributed by atoms with E-state index in [1.807, 2.05) is 19.2 Å². The van der Waals surface area contributed by atoms with Crippen molar-refractivity contribution in [1.82, 2.24) is 16.2 Å². The molecular weight excluding hydrogens is 138 g/mol. The molecule has 11 heavy (non-hydrogen) atoms. The van der Waals surface area contributed by atoms with Crippen molar-refractivity contribution in [1.29, 1.82) is 0 Å². The molecule has 0 aromatic rings. The van der Waals surface area contributed by atoms with Gasteiger partial charge in [0, 0.05) is 6.20 Å². The summed E-state index contributed by atoms with van der Waals surface area (Å²) >= 11 is 0. The van der Waals surface area contributed by atoms with Gasteiger partial charge in [-0.2, -0.15) is 0 Å². The lowest BCUT2D eigenvalue weighted by atomic mass is 10.5. The number of rotatable bonds is 6. The van der Waals surface area contributed by atoms with E-state index in [1.165, 1.54) is 0 Å². The average molecular weight is 153 g/mol. The molecule has 0 aliphatic heterocycles. The zero-order chi connectivity index (χ0) is 8.53. The summed E-state index contributed by atoms with van der Waals surface area (Å²) in [5, 5.41) is 3.03. The van der Waals surface area contributed by atoms with Crippen LogP contribution in [0.4, 0.5) is 0 Å². The van der Waals surface area contributed by atoms with Crippen LogP contribution in [-0.4, -0.2) is 6.17 Å².